The zero-order valence-electron chi connectivity index (χ0n) is 12.8. The van der Waals surface area contributed by atoms with Gasteiger partial charge in [-0.2, -0.15) is 5.10 Å². The molecule has 0 spiro atoms. The lowest BCUT2D eigenvalue weighted by Crippen LogP contribution is -2.14. The van der Waals surface area contributed by atoms with Gasteiger partial charge in [-0.25, -0.2) is 0 Å². The summed E-state index contributed by atoms with van der Waals surface area (Å²) < 4.78 is 2.39. The monoisotopic (exact) mass is 263 g/mol. The predicted molar refractivity (Wildman–Crippen MR) is 80.5 cm³/mol. The third-order valence-corrected chi connectivity index (χ3v) is 4.40. The summed E-state index contributed by atoms with van der Waals surface area (Å²) in [5.41, 5.74) is 4.23. The predicted octanol–water partition coefficient (Wildman–Crippen LogP) is 3.62. The summed E-state index contributed by atoms with van der Waals surface area (Å²) in [7, 11) is 2.03. The van der Waals surface area contributed by atoms with Gasteiger partial charge < -0.3 is 5.32 Å². The first kappa shape index (κ1) is 14.6. The first-order chi connectivity index (χ1) is 9.31. The molecule has 1 fully saturated rings. The topological polar surface area (TPSA) is 29.9 Å². The summed E-state index contributed by atoms with van der Waals surface area (Å²) in [6.07, 6.45) is 10.3. The summed E-state index contributed by atoms with van der Waals surface area (Å²) in [6.45, 7) is 5.44. The van der Waals surface area contributed by atoms with Gasteiger partial charge in [-0.05, 0) is 32.7 Å². The first-order valence-corrected chi connectivity index (χ1v) is 8.05. The molecule has 1 aromatic rings. The molecule has 0 aliphatic heterocycles. The van der Waals surface area contributed by atoms with E-state index in [1.54, 1.807) is 0 Å². The molecule has 3 nitrogen and oxygen atoms in total. The Hall–Kier alpha value is -0.830. The van der Waals surface area contributed by atoms with E-state index in [1.807, 2.05) is 7.05 Å². The number of aryl methyl sites for hydroxylation is 1. The fourth-order valence-electron chi connectivity index (χ4n) is 3.40. The molecule has 1 aliphatic carbocycles. The molecule has 1 N–H and O–H groups in total. The van der Waals surface area contributed by atoms with E-state index in [0.717, 1.165) is 19.4 Å². The Morgan fingerprint density at radius 2 is 1.79 bits per heavy atom. The van der Waals surface area contributed by atoms with Crippen molar-refractivity contribution in [3.63, 3.8) is 0 Å². The van der Waals surface area contributed by atoms with Gasteiger partial charge in [-0.15, -0.1) is 0 Å². The lowest BCUT2D eigenvalue weighted by Gasteiger charge is -2.18. The van der Waals surface area contributed by atoms with Crippen molar-refractivity contribution in [1.29, 1.82) is 0 Å². The van der Waals surface area contributed by atoms with Crippen LogP contribution in [0.3, 0.4) is 0 Å². The Bertz CT molecular complexity index is 387. The lowest BCUT2D eigenvalue weighted by molar-refractivity contribution is 0.392. The van der Waals surface area contributed by atoms with E-state index < -0.39 is 0 Å². The van der Waals surface area contributed by atoms with E-state index in [1.165, 1.54) is 55.5 Å². The summed E-state index contributed by atoms with van der Waals surface area (Å²) in [6, 6.07) is 0.647. The maximum atomic E-state index is 4.96. The largest absolute Gasteiger partial charge is 0.316 e. The maximum absolute atomic E-state index is 4.96. The molecule has 19 heavy (non-hydrogen) atoms. The number of hydrogen-bond acceptors (Lipinski definition) is 2. The van der Waals surface area contributed by atoms with Crippen LogP contribution in [0.2, 0.25) is 0 Å². The van der Waals surface area contributed by atoms with Crippen molar-refractivity contribution in [3.8, 4) is 0 Å². The average Bonchev–Trinajstić information content (AvgIpc) is 2.62. The number of aromatic nitrogens is 2. The molecule has 0 atom stereocenters. The molecular formula is C16H29N3. The second kappa shape index (κ2) is 7.09. The summed E-state index contributed by atoms with van der Waals surface area (Å²) in [5.74, 6) is 0. The normalized spacial score (nSPS) is 17.6. The van der Waals surface area contributed by atoms with Crippen molar-refractivity contribution in [2.75, 3.05) is 7.05 Å². The lowest BCUT2D eigenvalue weighted by atomic mass is 10.1. The number of nitrogens with one attached hydrogen (secondary N) is 1. The van der Waals surface area contributed by atoms with Gasteiger partial charge >= 0.3 is 0 Å². The van der Waals surface area contributed by atoms with Crippen molar-refractivity contribution >= 4 is 0 Å². The van der Waals surface area contributed by atoms with Crippen LogP contribution in [-0.2, 0) is 19.4 Å². The molecule has 0 aromatic carbocycles. The van der Waals surface area contributed by atoms with Crippen LogP contribution in [0, 0.1) is 0 Å². The average molecular weight is 263 g/mol. The second-order valence-electron chi connectivity index (χ2n) is 5.70. The quantitative estimate of drug-likeness (QED) is 0.822. The van der Waals surface area contributed by atoms with Crippen LogP contribution in [-0.4, -0.2) is 16.8 Å². The highest BCUT2D eigenvalue weighted by Crippen LogP contribution is 2.30. The van der Waals surface area contributed by atoms with Crippen LogP contribution in [0.25, 0.3) is 0 Å². The SMILES string of the molecule is CCc1nn(C2CCCCCC2)c(CC)c1CNC. The summed E-state index contributed by atoms with van der Waals surface area (Å²) in [5, 5.41) is 8.27. The summed E-state index contributed by atoms with van der Waals surface area (Å²) in [4.78, 5) is 0. The molecule has 108 valence electrons. The van der Waals surface area contributed by atoms with Gasteiger partial charge in [0.15, 0.2) is 0 Å². The maximum Gasteiger partial charge on any atom is 0.0669 e. The van der Waals surface area contributed by atoms with Crippen molar-refractivity contribution in [2.24, 2.45) is 0 Å². The Morgan fingerprint density at radius 3 is 2.32 bits per heavy atom. The van der Waals surface area contributed by atoms with E-state index in [0.29, 0.717) is 6.04 Å². The molecule has 0 bridgehead atoms. The van der Waals surface area contributed by atoms with Gasteiger partial charge in [-0.1, -0.05) is 39.5 Å². The van der Waals surface area contributed by atoms with Gasteiger partial charge in [0.1, 0.15) is 0 Å². The van der Waals surface area contributed by atoms with Crippen LogP contribution in [0.5, 0.6) is 0 Å². The molecule has 0 unspecified atom stereocenters. The molecule has 1 heterocycles. The van der Waals surface area contributed by atoms with Crippen LogP contribution in [0.1, 0.15) is 75.4 Å². The van der Waals surface area contributed by atoms with Crippen molar-refractivity contribution < 1.29 is 0 Å². The smallest absolute Gasteiger partial charge is 0.0669 e. The van der Waals surface area contributed by atoms with Gasteiger partial charge in [0, 0.05) is 17.8 Å². The van der Waals surface area contributed by atoms with E-state index in [2.05, 4.69) is 23.8 Å². The standard InChI is InChI=1S/C16H29N3/c1-4-15-14(12-17-3)16(5-2)19(18-15)13-10-8-6-7-9-11-13/h13,17H,4-12H2,1-3H3. The minimum absolute atomic E-state index is 0.647. The Morgan fingerprint density at radius 1 is 1.11 bits per heavy atom. The second-order valence-corrected chi connectivity index (χ2v) is 5.70. The number of hydrogen-bond donors (Lipinski definition) is 1. The van der Waals surface area contributed by atoms with Crippen LogP contribution in [0.15, 0.2) is 0 Å². The van der Waals surface area contributed by atoms with Crippen LogP contribution < -0.4 is 5.32 Å². The summed E-state index contributed by atoms with van der Waals surface area (Å²) >= 11 is 0. The molecule has 3 heteroatoms. The Labute approximate surface area is 117 Å². The highest BCUT2D eigenvalue weighted by molar-refractivity contribution is 5.27. The van der Waals surface area contributed by atoms with Crippen molar-refractivity contribution in [2.45, 2.75) is 77.8 Å². The zero-order chi connectivity index (χ0) is 13.7. The Kier molecular flexibility index (Phi) is 5.44. The van der Waals surface area contributed by atoms with Crippen molar-refractivity contribution in [3.05, 3.63) is 17.0 Å². The molecule has 0 amide bonds. The van der Waals surface area contributed by atoms with E-state index in [-0.39, 0.29) is 0 Å². The minimum atomic E-state index is 0.647. The molecule has 0 radical (unpaired) electrons. The molecular weight excluding hydrogens is 234 g/mol. The minimum Gasteiger partial charge on any atom is -0.316 e. The zero-order valence-corrected chi connectivity index (χ0v) is 12.8. The van der Waals surface area contributed by atoms with Crippen LogP contribution in [0.4, 0.5) is 0 Å². The number of rotatable bonds is 5. The molecule has 1 aromatic heterocycles. The van der Waals surface area contributed by atoms with Crippen LogP contribution >= 0.6 is 0 Å². The fraction of sp³-hybridized carbons (Fsp3) is 0.812. The van der Waals surface area contributed by atoms with Gasteiger partial charge in [0.05, 0.1) is 11.7 Å². The van der Waals surface area contributed by atoms with E-state index >= 15 is 0 Å². The highest BCUT2D eigenvalue weighted by Gasteiger charge is 2.21. The van der Waals surface area contributed by atoms with E-state index in [9.17, 15) is 0 Å². The third kappa shape index (κ3) is 3.19. The Balaban J connectivity index is 2.32. The molecule has 1 aliphatic rings. The number of nitrogens with zero attached hydrogens (tertiary/aromatic N) is 2. The highest BCUT2D eigenvalue weighted by atomic mass is 15.3. The molecule has 2 rings (SSSR count). The van der Waals surface area contributed by atoms with Gasteiger partial charge in [0.25, 0.3) is 0 Å². The van der Waals surface area contributed by atoms with Crippen molar-refractivity contribution in [1.82, 2.24) is 15.1 Å². The van der Waals surface area contributed by atoms with E-state index in [4.69, 9.17) is 5.10 Å². The molecule has 1 saturated carbocycles. The van der Waals surface area contributed by atoms with Gasteiger partial charge in [0.2, 0.25) is 0 Å². The van der Waals surface area contributed by atoms with Gasteiger partial charge in [-0.3, -0.25) is 4.68 Å². The first-order valence-electron chi connectivity index (χ1n) is 8.05. The third-order valence-electron chi connectivity index (χ3n) is 4.40. The molecule has 0 saturated heterocycles. The fourth-order valence-corrected chi connectivity index (χ4v) is 3.40.